The lowest BCUT2D eigenvalue weighted by Crippen LogP contribution is -2.59. The minimum atomic E-state index is -2.44. The fourth-order valence-corrected chi connectivity index (χ4v) is 4.58. The molecule has 0 bridgehead atoms. The van der Waals surface area contributed by atoms with Crippen LogP contribution in [0.4, 0.5) is 4.39 Å². The van der Waals surface area contributed by atoms with E-state index in [2.05, 4.69) is 22.4 Å². The molecule has 3 aromatic rings. The van der Waals surface area contributed by atoms with Crippen molar-refractivity contribution in [3.05, 3.63) is 78.0 Å². The molecule has 1 N–H and O–H groups in total. The predicted molar refractivity (Wildman–Crippen MR) is 123 cm³/mol. The van der Waals surface area contributed by atoms with Crippen LogP contribution >= 0.6 is 0 Å². The van der Waals surface area contributed by atoms with Crippen molar-refractivity contribution in [3.63, 3.8) is 0 Å². The highest BCUT2D eigenvalue weighted by molar-refractivity contribution is 5.90. The molecule has 2 heterocycles. The van der Waals surface area contributed by atoms with Crippen LogP contribution in [0.5, 0.6) is 0 Å². The third-order valence-electron chi connectivity index (χ3n) is 6.15. The Labute approximate surface area is 187 Å². The van der Waals surface area contributed by atoms with Gasteiger partial charge in [0.25, 0.3) is 11.7 Å². The van der Waals surface area contributed by atoms with Crippen LogP contribution in [0, 0.1) is 5.92 Å². The monoisotopic (exact) mass is 433 g/mol. The topological polar surface area (TPSA) is 62.3 Å². The zero-order chi connectivity index (χ0) is 22.6. The van der Waals surface area contributed by atoms with E-state index >= 15 is 4.39 Å². The maximum atomic E-state index is 15.8. The Morgan fingerprint density at radius 2 is 1.81 bits per heavy atom. The quantitative estimate of drug-likeness (QED) is 0.597. The first kappa shape index (κ1) is 21.9. The number of rotatable bonds is 6. The smallest absolute Gasteiger partial charge is 0.281 e. The van der Waals surface area contributed by atoms with Crippen LogP contribution in [-0.2, 0) is 22.4 Å². The predicted octanol–water partition coefficient (Wildman–Crippen LogP) is 4.06. The minimum Gasteiger partial charge on any atom is -0.338 e. The number of benzene rings is 2. The van der Waals surface area contributed by atoms with Gasteiger partial charge in [-0.05, 0) is 48.4 Å². The number of pyridine rings is 1. The van der Waals surface area contributed by atoms with Gasteiger partial charge in [-0.1, -0.05) is 48.5 Å². The Kier molecular flexibility index (Phi) is 6.49. The number of piperidine rings is 1. The molecular formula is C26H28FN3O2. The minimum absolute atomic E-state index is 0.185. The molecular weight excluding hydrogens is 405 g/mol. The number of aromatic nitrogens is 1. The highest BCUT2D eigenvalue weighted by atomic mass is 19.1. The van der Waals surface area contributed by atoms with Crippen molar-refractivity contribution in [1.82, 2.24) is 15.2 Å². The maximum Gasteiger partial charge on any atom is 0.281 e. The molecule has 1 unspecified atom stereocenters. The summed E-state index contributed by atoms with van der Waals surface area (Å²) in [5, 5.41) is 3.43. The lowest BCUT2D eigenvalue weighted by atomic mass is 9.88. The Morgan fingerprint density at radius 3 is 2.53 bits per heavy atom. The van der Waals surface area contributed by atoms with Crippen LogP contribution in [0.1, 0.15) is 30.9 Å². The van der Waals surface area contributed by atoms with Gasteiger partial charge >= 0.3 is 0 Å². The van der Waals surface area contributed by atoms with Crippen LogP contribution in [0.25, 0.3) is 10.9 Å². The first-order valence-corrected chi connectivity index (χ1v) is 11.1. The van der Waals surface area contributed by atoms with E-state index in [1.165, 1.54) is 12.5 Å². The maximum absolute atomic E-state index is 15.8. The molecule has 1 fully saturated rings. The molecule has 32 heavy (non-hydrogen) atoms. The SMILES string of the molecule is CC(=O)NC(F)(Cc1ccccc1)C(=O)N1CCC(Cc2cccc3ncccc23)CC1. The van der Waals surface area contributed by atoms with Gasteiger partial charge in [-0.15, -0.1) is 0 Å². The summed E-state index contributed by atoms with van der Waals surface area (Å²) in [7, 11) is 0. The summed E-state index contributed by atoms with van der Waals surface area (Å²) in [5.41, 5.74) is 2.90. The largest absolute Gasteiger partial charge is 0.338 e. The van der Waals surface area contributed by atoms with Gasteiger partial charge in [-0.2, -0.15) is 0 Å². The second-order valence-corrected chi connectivity index (χ2v) is 8.57. The first-order valence-electron chi connectivity index (χ1n) is 11.1. The molecule has 5 nitrogen and oxygen atoms in total. The van der Waals surface area contributed by atoms with Gasteiger partial charge in [-0.3, -0.25) is 14.6 Å². The molecule has 1 saturated heterocycles. The lowest BCUT2D eigenvalue weighted by Gasteiger charge is -2.36. The molecule has 2 amide bonds. The molecule has 0 saturated carbocycles. The summed E-state index contributed by atoms with van der Waals surface area (Å²) in [6.45, 7) is 2.19. The molecule has 166 valence electrons. The third-order valence-corrected chi connectivity index (χ3v) is 6.15. The summed E-state index contributed by atoms with van der Waals surface area (Å²) in [4.78, 5) is 30.8. The summed E-state index contributed by atoms with van der Waals surface area (Å²) < 4.78 is 15.8. The van der Waals surface area contributed by atoms with E-state index in [1.807, 2.05) is 24.3 Å². The number of amides is 2. The van der Waals surface area contributed by atoms with Gasteiger partial charge in [0.15, 0.2) is 0 Å². The molecule has 0 spiro atoms. The number of nitrogens with zero attached hydrogens (tertiary/aromatic N) is 2. The summed E-state index contributed by atoms with van der Waals surface area (Å²) in [6.07, 6.45) is 4.11. The van der Waals surface area contributed by atoms with Crippen LogP contribution in [0.3, 0.4) is 0 Å². The fourth-order valence-electron chi connectivity index (χ4n) is 4.58. The Hall–Kier alpha value is -3.28. The zero-order valence-corrected chi connectivity index (χ0v) is 18.3. The number of hydrogen-bond acceptors (Lipinski definition) is 3. The second-order valence-electron chi connectivity index (χ2n) is 8.57. The van der Waals surface area contributed by atoms with Crippen LogP contribution < -0.4 is 5.32 Å². The highest BCUT2D eigenvalue weighted by Gasteiger charge is 2.43. The van der Waals surface area contributed by atoms with E-state index in [9.17, 15) is 9.59 Å². The van der Waals surface area contributed by atoms with Crippen LogP contribution in [-0.4, -0.2) is 40.6 Å². The van der Waals surface area contributed by atoms with E-state index in [1.54, 1.807) is 35.4 Å². The van der Waals surface area contributed by atoms with Crippen molar-refractivity contribution in [1.29, 1.82) is 0 Å². The summed E-state index contributed by atoms with van der Waals surface area (Å²) >= 11 is 0. The number of likely N-dealkylation sites (tertiary alicyclic amines) is 1. The molecule has 0 aliphatic carbocycles. The highest BCUT2D eigenvalue weighted by Crippen LogP contribution is 2.28. The molecule has 0 radical (unpaired) electrons. The van der Waals surface area contributed by atoms with E-state index in [0.29, 0.717) is 24.6 Å². The molecule has 1 aliphatic rings. The van der Waals surface area contributed by atoms with Crippen molar-refractivity contribution in [2.24, 2.45) is 5.92 Å². The van der Waals surface area contributed by atoms with Gasteiger partial charge in [0.2, 0.25) is 5.91 Å². The van der Waals surface area contributed by atoms with Crippen molar-refractivity contribution >= 4 is 22.7 Å². The summed E-state index contributed by atoms with van der Waals surface area (Å²) in [6, 6.07) is 19.1. The van der Waals surface area contributed by atoms with E-state index < -0.39 is 17.6 Å². The van der Waals surface area contributed by atoms with Gasteiger partial charge in [0, 0.05) is 38.0 Å². The third kappa shape index (κ3) is 4.96. The number of hydrogen-bond donors (Lipinski definition) is 1. The van der Waals surface area contributed by atoms with Crippen LogP contribution in [0.2, 0.25) is 0 Å². The average Bonchev–Trinajstić information content (AvgIpc) is 2.79. The average molecular weight is 434 g/mol. The Morgan fingerprint density at radius 1 is 1.06 bits per heavy atom. The van der Waals surface area contributed by atoms with Gasteiger partial charge in [0.1, 0.15) is 0 Å². The number of halogens is 1. The number of carbonyl (C=O) groups excluding carboxylic acids is 2. The first-order chi connectivity index (χ1) is 15.4. The molecule has 4 rings (SSSR count). The Balaban J connectivity index is 1.42. The molecule has 1 aromatic heterocycles. The van der Waals surface area contributed by atoms with E-state index in [4.69, 9.17) is 0 Å². The van der Waals surface area contributed by atoms with E-state index in [-0.39, 0.29) is 6.42 Å². The van der Waals surface area contributed by atoms with E-state index in [0.717, 1.165) is 30.2 Å². The van der Waals surface area contributed by atoms with Crippen LogP contribution in [0.15, 0.2) is 66.9 Å². The van der Waals surface area contributed by atoms with Gasteiger partial charge in [0.05, 0.1) is 5.52 Å². The normalized spacial score (nSPS) is 16.5. The van der Waals surface area contributed by atoms with Crippen molar-refractivity contribution in [2.45, 2.75) is 38.4 Å². The molecule has 2 aromatic carbocycles. The number of alkyl halides is 1. The Bertz CT molecular complexity index is 1090. The standard InChI is InChI=1S/C26H28FN3O2/c1-19(31)29-26(27,18-21-7-3-2-4-8-21)25(32)30-15-12-20(13-16-30)17-22-9-5-11-24-23(22)10-6-14-28-24/h2-11,14,20H,12-13,15-18H2,1H3,(H,29,31). The second kappa shape index (κ2) is 9.47. The number of nitrogens with one attached hydrogen (secondary N) is 1. The van der Waals surface area contributed by atoms with Gasteiger partial charge < -0.3 is 10.2 Å². The fraction of sp³-hybridized carbons (Fsp3) is 0.346. The van der Waals surface area contributed by atoms with Crippen molar-refractivity contribution in [3.8, 4) is 0 Å². The lowest BCUT2D eigenvalue weighted by molar-refractivity contribution is -0.151. The zero-order valence-electron chi connectivity index (χ0n) is 18.3. The molecule has 1 aliphatic heterocycles. The van der Waals surface area contributed by atoms with Gasteiger partial charge in [-0.25, -0.2) is 4.39 Å². The molecule has 1 atom stereocenters. The van der Waals surface area contributed by atoms with Crippen molar-refractivity contribution in [2.75, 3.05) is 13.1 Å². The molecule has 6 heteroatoms. The number of carbonyl (C=O) groups is 2. The van der Waals surface area contributed by atoms with Crippen molar-refractivity contribution < 1.29 is 14.0 Å². The summed E-state index contributed by atoms with van der Waals surface area (Å²) in [5.74, 6) is -3.25. The number of fused-ring (bicyclic) bond motifs is 1.